The molecule has 0 aromatic heterocycles. The molecule has 1 heterocycles. The maximum atomic E-state index is 5.87. The van der Waals surface area contributed by atoms with Gasteiger partial charge in [0.15, 0.2) is 11.5 Å². The molecule has 3 heteroatoms. The molecule has 0 radical (unpaired) electrons. The normalized spacial score (nSPS) is 19.8. The molecule has 82 valence electrons. The number of hydrogen-bond acceptors (Lipinski definition) is 2. The third-order valence-electron chi connectivity index (χ3n) is 2.72. The SMILES string of the molecule is Cc1cc2c(cc1C)OC(CBr)CCO2. The van der Waals surface area contributed by atoms with Gasteiger partial charge in [0.1, 0.15) is 6.10 Å². The van der Waals surface area contributed by atoms with Crippen molar-refractivity contribution in [3.05, 3.63) is 23.3 Å². The van der Waals surface area contributed by atoms with E-state index in [0.717, 1.165) is 29.9 Å². The van der Waals surface area contributed by atoms with Gasteiger partial charge < -0.3 is 9.47 Å². The van der Waals surface area contributed by atoms with Crippen LogP contribution in [0, 0.1) is 13.8 Å². The van der Waals surface area contributed by atoms with Crippen LogP contribution in [0.5, 0.6) is 11.5 Å². The Morgan fingerprint density at radius 3 is 2.60 bits per heavy atom. The van der Waals surface area contributed by atoms with Crippen molar-refractivity contribution < 1.29 is 9.47 Å². The molecule has 2 rings (SSSR count). The standard InChI is InChI=1S/C12H15BrO2/c1-8-5-11-12(6-9(8)2)15-10(7-13)3-4-14-11/h5-6,10H,3-4,7H2,1-2H3. The molecule has 0 amide bonds. The zero-order valence-corrected chi connectivity index (χ0v) is 10.6. The van der Waals surface area contributed by atoms with Crippen LogP contribution < -0.4 is 9.47 Å². The summed E-state index contributed by atoms with van der Waals surface area (Å²) in [5.41, 5.74) is 2.49. The van der Waals surface area contributed by atoms with Gasteiger partial charge in [0.25, 0.3) is 0 Å². The van der Waals surface area contributed by atoms with E-state index in [1.54, 1.807) is 0 Å². The second-order valence-corrected chi connectivity index (χ2v) is 4.56. The highest BCUT2D eigenvalue weighted by molar-refractivity contribution is 9.09. The van der Waals surface area contributed by atoms with Crippen LogP contribution in [0.3, 0.4) is 0 Å². The Morgan fingerprint density at radius 2 is 1.93 bits per heavy atom. The first-order chi connectivity index (χ1) is 7.20. The maximum Gasteiger partial charge on any atom is 0.161 e. The molecule has 1 atom stereocenters. The smallest absolute Gasteiger partial charge is 0.161 e. The topological polar surface area (TPSA) is 18.5 Å². The molecular weight excluding hydrogens is 256 g/mol. The van der Waals surface area contributed by atoms with Gasteiger partial charge in [-0.1, -0.05) is 15.9 Å². The highest BCUT2D eigenvalue weighted by Gasteiger charge is 2.18. The molecule has 0 saturated carbocycles. The zero-order valence-electron chi connectivity index (χ0n) is 9.05. The van der Waals surface area contributed by atoms with Crippen molar-refractivity contribution in [3.8, 4) is 11.5 Å². The van der Waals surface area contributed by atoms with Crippen molar-refractivity contribution in [1.29, 1.82) is 0 Å². The molecule has 0 N–H and O–H groups in total. The summed E-state index contributed by atoms with van der Waals surface area (Å²) in [6.45, 7) is 4.91. The fraction of sp³-hybridized carbons (Fsp3) is 0.500. The van der Waals surface area contributed by atoms with E-state index in [-0.39, 0.29) is 6.10 Å². The van der Waals surface area contributed by atoms with Crippen molar-refractivity contribution in [3.63, 3.8) is 0 Å². The number of ether oxygens (including phenoxy) is 2. The average Bonchev–Trinajstić information content (AvgIpc) is 2.41. The van der Waals surface area contributed by atoms with E-state index in [0.29, 0.717) is 0 Å². The van der Waals surface area contributed by atoms with Crippen molar-refractivity contribution in [2.24, 2.45) is 0 Å². The predicted molar refractivity (Wildman–Crippen MR) is 64.2 cm³/mol. The first kappa shape index (κ1) is 10.8. The van der Waals surface area contributed by atoms with Crippen LogP contribution in [0.15, 0.2) is 12.1 Å². The van der Waals surface area contributed by atoms with Crippen LogP contribution in [0.25, 0.3) is 0 Å². The van der Waals surface area contributed by atoms with Gasteiger partial charge in [0.05, 0.1) is 6.61 Å². The maximum absolute atomic E-state index is 5.87. The van der Waals surface area contributed by atoms with Gasteiger partial charge in [0, 0.05) is 11.8 Å². The van der Waals surface area contributed by atoms with Gasteiger partial charge in [-0.05, 0) is 37.1 Å². The summed E-state index contributed by atoms with van der Waals surface area (Å²) in [5.74, 6) is 1.75. The van der Waals surface area contributed by atoms with Crippen LogP contribution >= 0.6 is 15.9 Å². The predicted octanol–water partition coefficient (Wildman–Crippen LogP) is 3.23. The van der Waals surface area contributed by atoms with Crippen LogP contribution in [0.2, 0.25) is 0 Å². The summed E-state index contributed by atoms with van der Waals surface area (Å²) in [4.78, 5) is 0. The Kier molecular flexibility index (Phi) is 3.19. The zero-order chi connectivity index (χ0) is 10.8. The van der Waals surface area contributed by atoms with Gasteiger partial charge in [-0.3, -0.25) is 0 Å². The van der Waals surface area contributed by atoms with E-state index >= 15 is 0 Å². The lowest BCUT2D eigenvalue weighted by molar-refractivity contribution is 0.216. The van der Waals surface area contributed by atoms with E-state index in [1.165, 1.54) is 11.1 Å². The fourth-order valence-corrected chi connectivity index (χ4v) is 2.07. The lowest BCUT2D eigenvalue weighted by atomic mass is 10.1. The van der Waals surface area contributed by atoms with E-state index in [2.05, 4.69) is 41.9 Å². The summed E-state index contributed by atoms with van der Waals surface area (Å²) in [6.07, 6.45) is 1.14. The quantitative estimate of drug-likeness (QED) is 0.730. The summed E-state index contributed by atoms with van der Waals surface area (Å²) in [6, 6.07) is 4.12. The van der Waals surface area contributed by atoms with Crippen molar-refractivity contribution in [1.82, 2.24) is 0 Å². The molecule has 1 aromatic carbocycles. The third kappa shape index (κ3) is 2.28. The van der Waals surface area contributed by atoms with Gasteiger partial charge >= 0.3 is 0 Å². The van der Waals surface area contributed by atoms with Gasteiger partial charge in [-0.2, -0.15) is 0 Å². The molecule has 0 bridgehead atoms. The number of aryl methyl sites for hydroxylation is 2. The lowest BCUT2D eigenvalue weighted by Crippen LogP contribution is -2.18. The van der Waals surface area contributed by atoms with E-state index in [1.807, 2.05) is 0 Å². The Hall–Kier alpha value is -0.700. The molecule has 1 aromatic rings. The number of fused-ring (bicyclic) bond motifs is 1. The van der Waals surface area contributed by atoms with Gasteiger partial charge in [0.2, 0.25) is 0 Å². The molecule has 0 aliphatic carbocycles. The molecule has 15 heavy (non-hydrogen) atoms. The highest BCUT2D eigenvalue weighted by atomic mass is 79.9. The highest BCUT2D eigenvalue weighted by Crippen LogP contribution is 2.33. The number of benzene rings is 1. The summed E-state index contributed by atoms with van der Waals surface area (Å²) < 4.78 is 11.5. The van der Waals surface area contributed by atoms with E-state index in [4.69, 9.17) is 9.47 Å². The second-order valence-electron chi connectivity index (χ2n) is 3.91. The molecule has 0 saturated heterocycles. The van der Waals surface area contributed by atoms with Crippen molar-refractivity contribution in [2.45, 2.75) is 26.4 Å². The summed E-state index contributed by atoms with van der Waals surface area (Å²) >= 11 is 3.45. The Morgan fingerprint density at radius 1 is 1.27 bits per heavy atom. The van der Waals surface area contributed by atoms with Crippen LogP contribution in [-0.4, -0.2) is 18.0 Å². The number of rotatable bonds is 1. The Balaban J connectivity index is 2.34. The minimum Gasteiger partial charge on any atom is -0.490 e. The van der Waals surface area contributed by atoms with Crippen LogP contribution in [-0.2, 0) is 0 Å². The summed E-state index contributed by atoms with van der Waals surface area (Å²) in [7, 11) is 0. The molecule has 0 fully saturated rings. The number of hydrogen-bond donors (Lipinski definition) is 0. The lowest BCUT2D eigenvalue weighted by Gasteiger charge is -2.14. The van der Waals surface area contributed by atoms with Gasteiger partial charge in [-0.25, -0.2) is 0 Å². The third-order valence-corrected chi connectivity index (χ3v) is 3.45. The minimum absolute atomic E-state index is 0.216. The minimum atomic E-state index is 0.216. The monoisotopic (exact) mass is 270 g/mol. The first-order valence-corrected chi connectivity index (χ1v) is 6.29. The molecule has 1 aliphatic heterocycles. The van der Waals surface area contributed by atoms with Crippen molar-refractivity contribution >= 4 is 15.9 Å². The summed E-state index contributed by atoms with van der Waals surface area (Å²) in [5, 5.41) is 0.850. The van der Waals surface area contributed by atoms with Crippen LogP contribution in [0.1, 0.15) is 17.5 Å². The average molecular weight is 271 g/mol. The Labute approximate surface area is 98.7 Å². The Bertz CT molecular complexity index is 363. The van der Waals surface area contributed by atoms with Crippen LogP contribution in [0.4, 0.5) is 0 Å². The fourth-order valence-electron chi connectivity index (χ4n) is 1.62. The van der Waals surface area contributed by atoms with E-state index in [9.17, 15) is 0 Å². The first-order valence-electron chi connectivity index (χ1n) is 5.17. The van der Waals surface area contributed by atoms with Gasteiger partial charge in [-0.15, -0.1) is 0 Å². The molecule has 2 nitrogen and oxygen atoms in total. The largest absolute Gasteiger partial charge is 0.490 e. The van der Waals surface area contributed by atoms with E-state index < -0.39 is 0 Å². The molecule has 1 aliphatic rings. The molecular formula is C12H15BrO2. The number of halogens is 1. The number of alkyl halides is 1. The molecule has 0 spiro atoms. The second kappa shape index (κ2) is 4.44. The van der Waals surface area contributed by atoms with Crippen molar-refractivity contribution in [2.75, 3.05) is 11.9 Å². The molecule has 1 unspecified atom stereocenters.